The quantitative estimate of drug-likeness (QED) is 0.889. The molecule has 0 saturated carbocycles. The molecule has 6 heteroatoms. The molecule has 0 saturated heterocycles. The van der Waals surface area contributed by atoms with Crippen LogP contribution in [0.3, 0.4) is 0 Å². The molecule has 0 amide bonds. The fraction of sp³-hybridized carbons (Fsp3) is 0.385. The van der Waals surface area contributed by atoms with Crippen LogP contribution in [0.25, 0.3) is 11.4 Å². The van der Waals surface area contributed by atoms with E-state index in [1.54, 1.807) is 6.07 Å². The van der Waals surface area contributed by atoms with Crippen LogP contribution >= 0.6 is 27.5 Å². The van der Waals surface area contributed by atoms with Gasteiger partial charge in [0.25, 0.3) is 0 Å². The molecule has 0 aliphatic carbocycles. The Morgan fingerprint density at radius 2 is 2.26 bits per heavy atom. The van der Waals surface area contributed by atoms with Gasteiger partial charge in [0.15, 0.2) is 0 Å². The van der Waals surface area contributed by atoms with Gasteiger partial charge < -0.3 is 9.84 Å². The fourth-order valence-electron chi connectivity index (χ4n) is 1.49. The van der Waals surface area contributed by atoms with E-state index in [0.717, 1.165) is 16.5 Å². The average Bonchev–Trinajstić information content (AvgIpc) is 2.88. The lowest BCUT2D eigenvalue weighted by Gasteiger charge is -2.07. The maximum atomic E-state index is 5.95. The molecule has 1 N–H and O–H groups in total. The molecule has 0 spiro atoms. The Morgan fingerprint density at radius 3 is 2.95 bits per heavy atom. The van der Waals surface area contributed by atoms with Gasteiger partial charge >= 0.3 is 0 Å². The summed E-state index contributed by atoms with van der Waals surface area (Å²) in [5.41, 5.74) is 0.870. The second kappa shape index (κ2) is 6.50. The van der Waals surface area contributed by atoms with Gasteiger partial charge in [-0.05, 0) is 47.5 Å². The van der Waals surface area contributed by atoms with Crippen LogP contribution in [-0.4, -0.2) is 16.2 Å². The molecule has 0 aliphatic rings. The van der Waals surface area contributed by atoms with E-state index in [4.69, 9.17) is 16.1 Å². The molecule has 4 nitrogen and oxygen atoms in total. The summed E-state index contributed by atoms with van der Waals surface area (Å²) in [5.74, 6) is 1.15. The largest absolute Gasteiger partial charge is 0.338 e. The summed E-state index contributed by atoms with van der Waals surface area (Å²) in [7, 11) is 0. The summed E-state index contributed by atoms with van der Waals surface area (Å²) in [4.78, 5) is 4.35. The summed E-state index contributed by atoms with van der Waals surface area (Å²) in [6.07, 6.45) is 1.06. The van der Waals surface area contributed by atoms with E-state index < -0.39 is 0 Å². The molecule has 102 valence electrons. The van der Waals surface area contributed by atoms with Crippen molar-refractivity contribution in [1.82, 2.24) is 15.5 Å². The summed E-state index contributed by atoms with van der Waals surface area (Å²) in [6.45, 7) is 4.83. The van der Waals surface area contributed by atoms with Gasteiger partial charge in [0, 0.05) is 16.1 Å². The first kappa shape index (κ1) is 14.5. The van der Waals surface area contributed by atoms with Gasteiger partial charge in [0.2, 0.25) is 11.7 Å². The molecule has 0 radical (unpaired) electrons. The average molecular weight is 345 g/mol. The third-order valence-electron chi connectivity index (χ3n) is 2.86. The van der Waals surface area contributed by atoms with E-state index in [-0.39, 0.29) is 0 Å². The van der Waals surface area contributed by atoms with Crippen LogP contribution in [0.2, 0.25) is 5.02 Å². The van der Waals surface area contributed by atoms with E-state index in [9.17, 15) is 0 Å². The first-order valence-electron chi connectivity index (χ1n) is 6.11. The third kappa shape index (κ3) is 3.78. The predicted octanol–water partition coefficient (Wildman–Crippen LogP) is 4.04. The van der Waals surface area contributed by atoms with Gasteiger partial charge in [-0.3, -0.25) is 0 Å². The lowest BCUT2D eigenvalue weighted by molar-refractivity contribution is 0.358. The number of hydrogen-bond acceptors (Lipinski definition) is 4. The van der Waals surface area contributed by atoms with Crippen molar-refractivity contribution in [3.63, 3.8) is 0 Å². The van der Waals surface area contributed by atoms with E-state index >= 15 is 0 Å². The van der Waals surface area contributed by atoms with E-state index in [0.29, 0.717) is 29.3 Å². The summed E-state index contributed by atoms with van der Waals surface area (Å²) < 4.78 is 6.03. The summed E-state index contributed by atoms with van der Waals surface area (Å²) in [5, 5.41) is 7.94. The Bertz CT molecular complexity index is 559. The van der Waals surface area contributed by atoms with Crippen molar-refractivity contribution in [3.05, 3.63) is 33.6 Å². The van der Waals surface area contributed by atoms with Crippen molar-refractivity contribution in [2.75, 3.05) is 0 Å². The van der Waals surface area contributed by atoms with Gasteiger partial charge in [-0.2, -0.15) is 4.98 Å². The molecular weight excluding hydrogens is 330 g/mol. The van der Waals surface area contributed by atoms with Crippen molar-refractivity contribution in [2.24, 2.45) is 0 Å². The molecule has 0 bridgehead atoms. The molecule has 1 aromatic carbocycles. The zero-order valence-corrected chi connectivity index (χ0v) is 13.1. The molecule has 1 aromatic heterocycles. The zero-order valence-electron chi connectivity index (χ0n) is 10.8. The molecule has 2 rings (SSSR count). The second-order valence-corrected chi connectivity index (χ2v) is 5.59. The normalized spacial score (nSPS) is 12.6. The van der Waals surface area contributed by atoms with Gasteiger partial charge in [-0.25, -0.2) is 0 Å². The summed E-state index contributed by atoms with van der Waals surface area (Å²) >= 11 is 9.33. The van der Waals surface area contributed by atoms with E-state index in [1.807, 2.05) is 12.1 Å². The number of hydrogen-bond donors (Lipinski definition) is 1. The van der Waals surface area contributed by atoms with Crippen molar-refractivity contribution in [3.8, 4) is 11.4 Å². The molecule has 2 aromatic rings. The highest BCUT2D eigenvalue weighted by atomic mass is 79.9. The van der Waals surface area contributed by atoms with Crippen molar-refractivity contribution >= 4 is 27.5 Å². The van der Waals surface area contributed by atoms with E-state index in [1.165, 1.54) is 0 Å². The van der Waals surface area contributed by atoms with Crippen LogP contribution in [0.4, 0.5) is 0 Å². The van der Waals surface area contributed by atoms with Gasteiger partial charge in [-0.15, -0.1) is 0 Å². The Kier molecular flexibility index (Phi) is 4.96. The predicted molar refractivity (Wildman–Crippen MR) is 79.0 cm³/mol. The second-order valence-electron chi connectivity index (χ2n) is 4.33. The Labute approximate surface area is 125 Å². The van der Waals surface area contributed by atoms with Crippen LogP contribution in [-0.2, 0) is 6.54 Å². The number of aromatic nitrogens is 2. The fourth-order valence-corrected chi connectivity index (χ4v) is 1.98. The standard InChI is InChI=1S/C13H15BrClN3O/c1-3-8(2)16-7-12-17-13(18-19-12)9-4-5-11(15)10(14)6-9/h4-6,8,16H,3,7H2,1-2H3. The smallest absolute Gasteiger partial charge is 0.240 e. The number of rotatable bonds is 5. The highest BCUT2D eigenvalue weighted by molar-refractivity contribution is 9.10. The number of nitrogens with zero attached hydrogens (tertiary/aromatic N) is 2. The Balaban J connectivity index is 2.09. The molecule has 19 heavy (non-hydrogen) atoms. The number of halogens is 2. The first-order valence-corrected chi connectivity index (χ1v) is 7.28. The molecule has 1 unspecified atom stereocenters. The van der Waals surface area contributed by atoms with Crippen molar-refractivity contribution in [2.45, 2.75) is 32.9 Å². The molecule has 0 aliphatic heterocycles. The SMILES string of the molecule is CCC(C)NCc1nc(-c2ccc(Cl)c(Br)c2)no1. The highest BCUT2D eigenvalue weighted by Gasteiger charge is 2.10. The minimum Gasteiger partial charge on any atom is -0.338 e. The minimum absolute atomic E-state index is 0.431. The van der Waals surface area contributed by atoms with Gasteiger partial charge in [0.1, 0.15) is 0 Å². The third-order valence-corrected chi connectivity index (χ3v) is 4.07. The lowest BCUT2D eigenvalue weighted by Crippen LogP contribution is -2.24. The first-order chi connectivity index (χ1) is 9.10. The van der Waals surface area contributed by atoms with Crippen molar-refractivity contribution < 1.29 is 4.52 Å². The Morgan fingerprint density at radius 1 is 1.47 bits per heavy atom. The number of benzene rings is 1. The number of nitrogens with one attached hydrogen (secondary N) is 1. The van der Waals surface area contributed by atoms with Crippen LogP contribution in [0.15, 0.2) is 27.2 Å². The van der Waals surface area contributed by atoms with Crippen molar-refractivity contribution in [1.29, 1.82) is 0 Å². The zero-order chi connectivity index (χ0) is 13.8. The highest BCUT2D eigenvalue weighted by Crippen LogP contribution is 2.27. The Hall–Kier alpha value is -0.910. The van der Waals surface area contributed by atoms with Gasteiger partial charge in [0.05, 0.1) is 11.6 Å². The van der Waals surface area contributed by atoms with Crippen LogP contribution in [0.5, 0.6) is 0 Å². The molecule has 0 fully saturated rings. The maximum absolute atomic E-state index is 5.95. The van der Waals surface area contributed by atoms with Gasteiger partial charge in [-0.1, -0.05) is 23.7 Å². The van der Waals surface area contributed by atoms with Crippen LogP contribution < -0.4 is 5.32 Å². The van der Waals surface area contributed by atoms with E-state index in [2.05, 4.69) is 45.2 Å². The van der Waals surface area contributed by atoms with Crippen LogP contribution in [0, 0.1) is 0 Å². The molecule has 1 atom stereocenters. The van der Waals surface area contributed by atoms with Crippen LogP contribution in [0.1, 0.15) is 26.2 Å². The topological polar surface area (TPSA) is 51.0 Å². The molecular formula is C13H15BrClN3O. The lowest BCUT2D eigenvalue weighted by atomic mass is 10.2. The monoisotopic (exact) mass is 343 g/mol. The summed E-state index contributed by atoms with van der Waals surface area (Å²) in [6, 6.07) is 5.97. The minimum atomic E-state index is 0.431. The maximum Gasteiger partial charge on any atom is 0.240 e. The molecule has 1 heterocycles.